The standard InChI is InChI=1S/C19H31N5O4/c1-2-3-4-5-6-7-8-9-20-19-22-17-16(18(27)23-19)21-12-24(17)15-10-13(26)14(11-25)28-15/h12-15,25-26H,2-11H2,1H3,(H2,20,22,23,27)/t13?,14-,15-/m1/s1. The van der Waals surface area contributed by atoms with Crippen molar-refractivity contribution < 1.29 is 14.9 Å². The van der Waals surface area contributed by atoms with Crippen molar-refractivity contribution in [2.75, 3.05) is 18.5 Å². The Kier molecular flexibility index (Phi) is 7.41. The highest BCUT2D eigenvalue weighted by molar-refractivity contribution is 5.70. The number of hydrogen-bond acceptors (Lipinski definition) is 7. The van der Waals surface area contributed by atoms with Crippen LogP contribution in [0.2, 0.25) is 0 Å². The summed E-state index contributed by atoms with van der Waals surface area (Å²) >= 11 is 0. The molecular formula is C19H31N5O4. The van der Waals surface area contributed by atoms with Crippen LogP contribution in [0, 0.1) is 0 Å². The Hall–Kier alpha value is -1.97. The van der Waals surface area contributed by atoms with Crippen LogP contribution < -0.4 is 10.9 Å². The Bertz CT molecular complexity index is 805. The molecule has 156 valence electrons. The molecule has 0 aliphatic carbocycles. The fourth-order valence-electron chi connectivity index (χ4n) is 3.56. The molecule has 4 N–H and O–H groups in total. The Balaban J connectivity index is 1.60. The van der Waals surface area contributed by atoms with Gasteiger partial charge in [-0.25, -0.2) is 4.98 Å². The fraction of sp³-hybridized carbons (Fsp3) is 0.737. The summed E-state index contributed by atoms with van der Waals surface area (Å²) in [6.07, 6.45) is 8.42. The number of unbranched alkanes of at least 4 members (excludes halogenated alkanes) is 6. The maximum Gasteiger partial charge on any atom is 0.280 e. The van der Waals surface area contributed by atoms with E-state index in [-0.39, 0.29) is 17.7 Å². The molecule has 0 bridgehead atoms. The van der Waals surface area contributed by atoms with Crippen LogP contribution in [0.4, 0.5) is 5.95 Å². The number of aliphatic hydroxyl groups excluding tert-OH is 2. The molecule has 3 heterocycles. The molecule has 3 atom stereocenters. The lowest BCUT2D eigenvalue weighted by molar-refractivity contribution is -0.0432. The van der Waals surface area contributed by atoms with Crippen LogP contribution >= 0.6 is 0 Å². The summed E-state index contributed by atoms with van der Waals surface area (Å²) < 4.78 is 7.30. The average molecular weight is 393 g/mol. The summed E-state index contributed by atoms with van der Waals surface area (Å²) in [6.45, 7) is 2.69. The molecule has 3 rings (SSSR count). The molecule has 9 heteroatoms. The van der Waals surface area contributed by atoms with Crippen LogP contribution in [-0.2, 0) is 4.74 Å². The molecule has 28 heavy (non-hydrogen) atoms. The van der Waals surface area contributed by atoms with Gasteiger partial charge in [0.05, 0.1) is 19.0 Å². The van der Waals surface area contributed by atoms with Crippen LogP contribution in [0.25, 0.3) is 11.2 Å². The minimum Gasteiger partial charge on any atom is -0.394 e. The van der Waals surface area contributed by atoms with Crippen LogP contribution in [0.5, 0.6) is 0 Å². The lowest BCUT2D eigenvalue weighted by Gasteiger charge is -2.14. The second-order valence-electron chi connectivity index (χ2n) is 7.40. The largest absolute Gasteiger partial charge is 0.394 e. The molecule has 2 aromatic heterocycles. The van der Waals surface area contributed by atoms with Crippen LogP contribution in [-0.4, -0.2) is 55.1 Å². The maximum absolute atomic E-state index is 12.3. The van der Waals surface area contributed by atoms with Gasteiger partial charge in [-0.3, -0.25) is 14.3 Å². The van der Waals surface area contributed by atoms with E-state index in [9.17, 15) is 15.0 Å². The summed E-state index contributed by atoms with van der Waals surface area (Å²) in [5, 5.41) is 22.4. The minimum atomic E-state index is -0.760. The predicted octanol–water partition coefficient (Wildman–Crippen LogP) is 1.92. The third-order valence-corrected chi connectivity index (χ3v) is 5.20. The van der Waals surface area contributed by atoms with Gasteiger partial charge in [0.2, 0.25) is 5.95 Å². The molecule has 1 aliphatic heterocycles. The molecule has 0 aromatic carbocycles. The van der Waals surface area contributed by atoms with Gasteiger partial charge in [-0.1, -0.05) is 45.4 Å². The summed E-state index contributed by atoms with van der Waals surface area (Å²) in [7, 11) is 0. The van der Waals surface area contributed by atoms with Gasteiger partial charge in [0.1, 0.15) is 12.3 Å². The lowest BCUT2D eigenvalue weighted by Crippen LogP contribution is -2.24. The van der Waals surface area contributed by atoms with E-state index in [1.165, 1.54) is 38.4 Å². The summed E-state index contributed by atoms with van der Waals surface area (Å²) in [4.78, 5) is 23.6. The molecule has 1 aliphatic rings. The topological polar surface area (TPSA) is 125 Å². The van der Waals surface area contributed by atoms with Crippen molar-refractivity contribution in [3.05, 3.63) is 16.7 Å². The molecule has 9 nitrogen and oxygen atoms in total. The van der Waals surface area contributed by atoms with Crippen molar-refractivity contribution >= 4 is 17.1 Å². The number of aromatic amines is 1. The van der Waals surface area contributed by atoms with Gasteiger partial charge in [-0.2, -0.15) is 4.98 Å². The molecule has 1 fully saturated rings. The average Bonchev–Trinajstić information content (AvgIpc) is 3.27. The first-order chi connectivity index (χ1) is 13.6. The second kappa shape index (κ2) is 9.99. The summed E-state index contributed by atoms with van der Waals surface area (Å²) in [6, 6.07) is 0. The molecule has 1 unspecified atom stereocenters. The van der Waals surface area contributed by atoms with Gasteiger partial charge >= 0.3 is 0 Å². The van der Waals surface area contributed by atoms with E-state index in [0.29, 0.717) is 18.0 Å². The number of rotatable bonds is 11. The number of anilines is 1. The fourth-order valence-corrected chi connectivity index (χ4v) is 3.56. The van der Waals surface area contributed by atoms with Crippen molar-refractivity contribution in [1.29, 1.82) is 0 Å². The van der Waals surface area contributed by atoms with Crippen LogP contribution in [0.3, 0.4) is 0 Å². The van der Waals surface area contributed by atoms with Gasteiger partial charge in [0.15, 0.2) is 11.2 Å². The molecule has 0 amide bonds. The van der Waals surface area contributed by atoms with Crippen molar-refractivity contribution in [2.45, 2.75) is 76.7 Å². The molecule has 0 spiro atoms. The number of imidazole rings is 1. The lowest BCUT2D eigenvalue weighted by atomic mass is 10.1. The molecular weight excluding hydrogens is 362 g/mol. The van der Waals surface area contributed by atoms with E-state index in [1.54, 1.807) is 4.57 Å². The van der Waals surface area contributed by atoms with Gasteiger partial charge in [0.25, 0.3) is 5.56 Å². The van der Waals surface area contributed by atoms with Gasteiger partial charge in [-0.05, 0) is 6.42 Å². The van der Waals surface area contributed by atoms with E-state index in [0.717, 1.165) is 19.4 Å². The van der Waals surface area contributed by atoms with Crippen molar-refractivity contribution in [1.82, 2.24) is 19.5 Å². The van der Waals surface area contributed by atoms with E-state index in [2.05, 4.69) is 27.2 Å². The highest BCUT2D eigenvalue weighted by Gasteiger charge is 2.35. The molecule has 1 saturated heterocycles. The third-order valence-electron chi connectivity index (χ3n) is 5.20. The summed E-state index contributed by atoms with van der Waals surface area (Å²) in [5.41, 5.74) is 0.316. The zero-order valence-corrected chi connectivity index (χ0v) is 16.4. The highest BCUT2D eigenvalue weighted by atomic mass is 16.5. The molecule has 2 aromatic rings. The number of fused-ring (bicyclic) bond motifs is 1. The predicted molar refractivity (Wildman–Crippen MR) is 106 cm³/mol. The number of hydrogen-bond donors (Lipinski definition) is 4. The Morgan fingerprint density at radius 2 is 2.04 bits per heavy atom. The number of aromatic nitrogens is 4. The maximum atomic E-state index is 12.3. The zero-order chi connectivity index (χ0) is 19.9. The second-order valence-corrected chi connectivity index (χ2v) is 7.40. The first kappa shape index (κ1) is 20.8. The van der Waals surface area contributed by atoms with Gasteiger partial charge in [-0.15, -0.1) is 0 Å². The Morgan fingerprint density at radius 1 is 1.29 bits per heavy atom. The van der Waals surface area contributed by atoms with Crippen molar-refractivity contribution in [3.63, 3.8) is 0 Å². The first-order valence-corrected chi connectivity index (χ1v) is 10.3. The third kappa shape index (κ3) is 4.89. The molecule has 0 radical (unpaired) electrons. The van der Waals surface area contributed by atoms with E-state index < -0.39 is 18.4 Å². The van der Waals surface area contributed by atoms with Crippen molar-refractivity contribution in [3.8, 4) is 0 Å². The van der Waals surface area contributed by atoms with Crippen LogP contribution in [0.15, 0.2) is 11.1 Å². The SMILES string of the molecule is CCCCCCCCCNc1nc2c(ncn2[C@H]2CC(O)[C@@H](CO)O2)c(=O)[nH]1. The number of ether oxygens (including phenoxy) is 1. The Morgan fingerprint density at radius 3 is 2.75 bits per heavy atom. The number of nitrogens with zero attached hydrogens (tertiary/aromatic N) is 3. The van der Waals surface area contributed by atoms with Gasteiger partial charge in [0, 0.05) is 13.0 Å². The Labute approximate surface area is 164 Å². The van der Waals surface area contributed by atoms with Gasteiger partial charge < -0.3 is 20.3 Å². The normalized spacial score (nSPS) is 22.2. The first-order valence-electron chi connectivity index (χ1n) is 10.3. The number of nitrogens with one attached hydrogen (secondary N) is 2. The summed E-state index contributed by atoms with van der Waals surface area (Å²) in [5.74, 6) is 0.405. The van der Waals surface area contributed by atoms with E-state index in [1.807, 2.05) is 0 Å². The minimum absolute atomic E-state index is 0.229. The van der Waals surface area contributed by atoms with Crippen molar-refractivity contribution in [2.24, 2.45) is 0 Å². The quantitative estimate of drug-likeness (QED) is 0.430. The monoisotopic (exact) mass is 393 g/mol. The molecule has 0 saturated carbocycles. The van der Waals surface area contributed by atoms with Crippen LogP contribution in [0.1, 0.15) is 64.5 Å². The number of H-pyrrole nitrogens is 1. The van der Waals surface area contributed by atoms with E-state index in [4.69, 9.17) is 4.74 Å². The van der Waals surface area contributed by atoms with E-state index >= 15 is 0 Å². The highest BCUT2D eigenvalue weighted by Crippen LogP contribution is 2.30. The smallest absolute Gasteiger partial charge is 0.280 e. The number of aliphatic hydroxyl groups is 2. The zero-order valence-electron chi connectivity index (χ0n) is 16.4.